The molecule has 1 fully saturated rings. The average Bonchev–Trinajstić information content (AvgIpc) is 2.61. The third kappa shape index (κ3) is 4.67. The van der Waals surface area contributed by atoms with Crippen molar-refractivity contribution in [3.05, 3.63) is 47.0 Å². The Kier molecular flexibility index (Phi) is 7.99. The molecule has 1 N–H and O–H groups in total. The second-order valence-corrected chi connectivity index (χ2v) is 7.87. The fourth-order valence-corrected chi connectivity index (χ4v) is 4.58. The summed E-state index contributed by atoms with van der Waals surface area (Å²) in [5.41, 5.74) is 1.45. The van der Waals surface area contributed by atoms with Gasteiger partial charge in [-0.3, -0.25) is 4.90 Å². The van der Waals surface area contributed by atoms with Gasteiger partial charge in [-0.05, 0) is 69.3 Å². The van der Waals surface area contributed by atoms with Gasteiger partial charge in [0.1, 0.15) is 0 Å². The molecule has 0 aromatic heterocycles. The first-order chi connectivity index (χ1) is 12.1. The zero-order valence-corrected chi connectivity index (χ0v) is 17.1. The highest BCUT2D eigenvalue weighted by Gasteiger charge is 2.47. The lowest BCUT2D eigenvalue weighted by Crippen LogP contribution is -2.61. The zero-order chi connectivity index (χ0) is 18.3. The van der Waals surface area contributed by atoms with Crippen LogP contribution in [0.25, 0.3) is 0 Å². The van der Waals surface area contributed by atoms with Crippen LogP contribution in [0.1, 0.15) is 58.9 Å². The lowest BCUT2D eigenvalue weighted by atomic mass is 9.68. The monoisotopic (exact) mass is 362 g/mol. The van der Waals surface area contributed by atoms with Crippen LogP contribution in [-0.2, 0) is 5.54 Å². The molecular weight excluding hydrogens is 328 g/mol. The molecule has 1 aliphatic rings. The van der Waals surface area contributed by atoms with Gasteiger partial charge in [-0.2, -0.15) is 0 Å². The highest BCUT2D eigenvalue weighted by atomic mass is 35.5. The van der Waals surface area contributed by atoms with Crippen LogP contribution in [0, 0.1) is 5.92 Å². The predicted octanol–water partition coefficient (Wildman–Crippen LogP) is 5.62. The highest BCUT2D eigenvalue weighted by molar-refractivity contribution is 6.30. The van der Waals surface area contributed by atoms with E-state index in [9.17, 15) is 0 Å². The number of benzene rings is 1. The molecule has 1 aromatic rings. The zero-order valence-electron chi connectivity index (χ0n) is 16.4. The Balaban J connectivity index is 2.52. The molecule has 0 amide bonds. The van der Waals surface area contributed by atoms with Crippen LogP contribution < -0.4 is 5.32 Å². The highest BCUT2D eigenvalue weighted by Crippen LogP contribution is 2.44. The minimum atomic E-state index is 0.0443. The molecule has 3 heteroatoms. The Morgan fingerprint density at radius 1 is 1.28 bits per heavy atom. The molecule has 2 nitrogen and oxygen atoms in total. The number of nitrogens with zero attached hydrogens (tertiary/aromatic N) is 1. The SMILES string of the molecule is CC=CCN(CCC)C1(c2ccc(Cl)cc2)CCC(C)CC1NCC. The minimum Gasteiger partial charge on any atom is -0.312 e. The second kappa shape index (κ2) is 9.75. The van der Waals surface area contributed by atoms with Crippen molar-refractivity contribution in [3.63, 3.8) is 0 Å². The maximum Gasteiger partial charge on any atom is 0.0617 e. The van der Waals surface area contributed by atoms with E-state index in [4.69, 9.17) is 11.6 Å². The quantitative estimate of drug-likeness (QED) is 0.603. The number of allylic oxidation sites excluding steroid dienone is 1. The van der Waals surface area contributed by atoms with Gasteiger partial charge in [-0.25, -0.2) is 0 Å². The van der Waals surface area contributed by atoms with Crippen molar-refractivity contribution in [3.8, 4) is 0 Å². The number of halogens is 1. The van der Waals surface area contributed by atoms with Crippen molar-refractivity contribution >= 4 is 11.6 Å². The van der Waals surface area contributed by atoms with Gasteiger partial charge >= 0.3 is 0 Å². The summed E-state index contributed by atoms with van der Waals surface area (Å²) in [6.07, 6.45) is 9.35. The number of likely N-dealkylation sites (N-methyl/N-ethyl adjacent to an activating group) is 1. The van der Waals surface area contributed by atoms with Gasteiger partial charge in [0.25, 0.3) is 0 Å². The first-order valence-corrected chi connectivity index (χ1v) is 10.3. The van der Waals surface area contributed by atoms with Crippen molar-refractivity contribution < 1.29 is 0 Å². The van der Waals surface area contributed by atoms with Crippen LogP contribution >= 0.6 is 11.6 Å². The van der Waals surface area contributed by atoms with E-state index < -0.39 is 0 Å². The van der Waals surface area contributed by atoms with E-state index in [1.165, 1.54) is 31.2 Å². The Bertz CT molecular complexity index is 539. The van der Waals surface area contributed by atoms with Crippen LogP contribution in [0.5, 0.6) is 0 Å². The van der Waals surface area contributed by atoms with Gasteiger partial charge in [0, 0.05) is 17.6 Å². The molecule has 0 bridgehead atoms. The van der Waals surface area contributed by atoms with Crippen LogP contribution in [0.15, 0.2) is 36.4 Å². The maximum absolute atomic E-state index is 6.20. The van der Waals surface area contributed by atoms with E-state index in [0.717, 1.165) is 30.6 Å². The molecule has 3 unspecified atom stereocenters. The molecule has 1 saturated carbocycles. The summed E-state index contributed by atoms with van der Waals surface area (Å²) < 4.78 is 0. The van der Waals surface area contributed by atoms with Crippen LogP contribution in [-0.4, -0.2) is 30.6 Å². The smallest absolute Gasteiger partial charge is 0.0617 e. The Hall–Kier alpha value is -0.830. The number of nitrogens with one attached hydrogen (secondary N) is 1. The molecule has 0 aliphatic heterocycles. The summed E-state index contributed by atoms with van der Waals surface area (Å²) in [5.74, 6) is 0.773. The molecule has 3 atom stereocenters. The summed E-state index contributed by atoms with van der Waals surface area (Å²) >= 11 is 6.20. The standard InChI is InChI=1S/C22H35ClN2/c1-5-8-16-25(15-6-2)22(19-9-11-20(23)12-10-19)14-13-18(4)17-21(22)24-7-3/h5,8-12,18,21,24H,6-7,13-17H2,1-4H3. The summed E-state index contributed by atoms with van der Waals surface area (Å²) in [5, 5.41) is 4.65. The molecule has 25 heavy (non-hydrogen) atoms. The number of hydrogen-bond donors (Lipinski definition) is 1. The third-order valence-electron chi connectivity index (χ3n) is 5.65. The van der Waals surface area contributed by atoms with Crippen LogP contribution in [0.4, 0.5) is 0 Å². The van der Waals surface area contributed by atoms with Crippen molar-refractivity contribution in [2.24, 2.45) is 5.92 Å². The van der Waals surface area contributed by atoms with Gasteiger partial charge in [0.2, 0.25) is 0 Å². The molecule has 1 aliphatic carbocycles. The molecule has 0 saturated heterocycles. The van der Waals surface area contributed by atoms with E-state index in [1.807, 2.05) is 0 Å². The fourth-order valence-electron chi connectivity index (χ4n) is 4.46. The average molecular weight is 363 g/mol. The molecule has 0 heterocycles. The van der Waals surface area contributed by atoms with E-state index in [2.05, 4.69) is 74.3 Å². The summed E-state index contributed by atoms with van der Waals surface area (Å²) in [7, 11) is 0. The van der Waals surface area contributed by atoms with Gasteiger partial charge < -0.3 is 5.32 Å². The normalized spacial score (nSPS) is 27.3. The molecule has 0 radical (unpaired) electrons. The fraction of sp³-hybridized carbons (Fsp3) is 0.636. The van der Waals surface area contributed by atoms with E-state index in [1.54, 1.807) is 0 Å². The van der Waals surface area contributed by atoms with E-state index in [0.29, 0.717) is 6.04 Å². The number of rotatable bonds is 8. The van der Waals surface area contributed by atoms with Gasteiger partial charge in [0.05, 0.1) is 5.54 Å². The van der Waals surface area contributed by atoms with Crippen LogP contribution in [0.2, 0.25) is 5.02 Å². The third-order valence-corrected chi connectivity index (χ3v) is 5.90. The topological polar surface area (TPSA) is 15.3 Å². The molecule has 2 rings (SSSR count). The summed E-state index contributed by atoms with van der Waals surface area (Å²) in [6.45, 7) is 12.1. The van der Waals surface area contributed by atoms with Gasteiger partial charge in [0.15, 0.2) is 0 Å². The molecule has 1 aromatic carbocycles. The van der Waals surface area contributed by atoms with Crippen molar-refractivity contribution in [2.45, 2.75) is 65.0 Å². The Morgan fingerprint density at radius 3 is 2.60 bits per heavy atom. The molecule has 140 valence electrons. The van der Waals surface area contributed by atoms with Crippen molar-refractivity contribution in [2.75, 3.05) is 19.6 Å². The van der Waals surface area contributed by atoms with Crippen LogP contribution in [0.3, 0.4) is 0 Å². The maximum atomic E-state index is 6.20. The lowest BCUT2D eigenvalue weighted by molar-refractivity contribution is 0.0108. The van der Waals surface area contributed by atoms with Crippen molar-refractivity contribution in [1.82, 2.24) is 10.2 Å². The summed E-state index contributed by atoms with van der Waals surface area (Å²) in [6, 6.07) is 9.08. The lowest BCUT2D eigenvalue weighted by Gasteiger charge is -2.53. The first kappa shape index (κ1) is 20.5. The second-order valence-electron chi connectivity index (χ2n) is 7.44. The molecule has 0 spiro atoms. The van der Waals surface area contributed by atoms with E-state index in [-0.39, 0.29) is 5.54 Å². The van der Waals surface area contributed by atoms with Gasteiger partial charge in [-0.15, -0.1) is 0 Å². The Morgan fingerprint density at radius 2 is 2.00 bits per heavy atom. The predicted molar refractivity (Wildman–Crippen MR) is 110 cm³/mol. The molecular formula is C22H35ClN2. The van der Waals surface area contributed by atoms with Gasteiger partial charge in [-0.1, -0.05) is 56.7 Å². The van der Waals surface area contributed by atoms with E-state index >= 15 is 0 Å². The first-order valence-electron chi connectivity index (χ1n) is 9.94. The number of hydrogen-bond acceptors (Lipinski definition) is 2. The summed E-state index contributed by atoms with van der Waals surface area (Å²) in [4.78, 5) is 2.70. The largest absolute Gasteiger partial charge is 0.312 e. The minimum absolute atomic E-state index is 0.0443. The van der Waals surface area contributed by atoms with Crippen molar-refractivity contribution in [1.29, 1.82) is 0 Å². The Labute approximate surface area is 159 Å².